The van der Waals surface area contributed by atoms with Gasteiger partial charge in [0, 0.05) is 0 Å². The van der Waals surface area contributed by atoms with E-state index in [-0.39, 0.29) is 10.8 Å². The largest absolute Gasteiger partial charge is 0.506 e. The Labute approximate surface area is 88.7 Å². The number of likely N-dealkylation sites (N-methyl/N-ethyl adjacent to an activating group) is 1. The van der Waals surface area contributed by atoms with Crippen LogP contribution in [0.5, 0.6) is 11.5 Å². The monoisotopic (exact) mass is 215 g/mol. The van der Waals surface area contributed by atoms with Crippen molar-refractivity contribution in [1.29, 1.82) is 0 Å². The third kappa shape index (κ3) is 2.53. The summed E-state index contributed by atoms with van der Waals surface area (Å²) in [6.45, 7) is 0.851. The van der Waals surface area contributed by atoms with E-state index in [9.17, 15) is 5.11 Å². The Balaban J connectivity index is 2.91. The van der Waals surface area contributed by atoms with Gasteiger partial charge in [-0.1, -0.05) is 11.6 Å². The molecule has 0 atom stereocenters. The van der Waals surface area contributed by atoms with Crippen LogP contribution in [0, 0.1) is 0 Å². The van der Waals surface area contributed by atoms with Crippen molar-refractivity contribution in [3.05, 3.63) is 22.7 Å². The first-order valence-electron chi connectivity index (χ1n) is 4.39. The molecule has 3 nitrogen and oxygen atoms in total. The molecule has 1 rings (SSSR count). The van der Waals surface area contributed by atoms with E-state index in [0.717, 1.165) is 18.5 Å². The summed E-state index contributed by atoms with van der Waals surface area (Å²) in [5.41, 5.74) is 0.998. The van der Waals surface area contributed by atoms with E-state index in [1.54, 1.807) is 6.07 Å². The quantitative estimate of drug-likeness (QED) is 0.805. The second-order valence-corrected chi connectivity index (χ2v) is 3.36. The van der Waals surface area contributed by atoms with Crippen LogP contribution in [0.15, 0.2) is 12.1 Å². The number of methoxy groups -OCH3 is 1. The van der Waals surface area contributed by atoms with Crippen LogP contribution in [0.2, 0.25) is 5.02 Å². The van der Waals surface area contributed by atoms with Crippen molar-refractivity contribution in [1.82, 2.24) is 5.32 Å². The number of phenols is 1. The molecule has 78 valence electrons. The van der Waals surface area contributed by atoms with Gasteiger partial charge in [-0.15, -0.1) is 0 Å². The number of rotatable bonds is 4. The van der Waals surface area contributed by atoms with Crippen LogP contribution >= 0.6 is 11.6 Å². The summed E-state index contributed by atoms with van der Waals surface area (Å²) in [5, 5.41) is 12.8. The zero-order valence-electron chi connectivity index (χ0n) is 8.30. The Hall–Kier alpha value is -0.930. The predicted molar refractivity (Wildman–Crippen MR) is 57.3 cm³/mol. The Morgan fingerprint density at radius 1 is 1.50 bits per heavy atom. The minimum atomic E-state index is 0.0668. The van der Waals surface area contributed by atoms with Gasteiger partial charge in [0.05, 0.1) is 7.11 Å². The maximum absolute atomic E-state index is 9.48. The van der Waals surface area contributed by atoms with Crippen LogP contribution in [-0.4, -0.2) is 25.8 Å². The smallest absolute Gasteiger partial charge is 0.141 e. The van der Waals surface area contributed by atoms with Crippen LogP contribution in [0.1, 0.15) is 5.56 Å². The molecule has 0 amide bonds. The molecule has 0 aliphatic heterocycles. The molecule has 0 saturated heterocycles. The van der Waals surface area contributed by atoms with Gasteiger partial charge in [0.25, 0.3) is 0 Å². The molecule has 0 aliphatic carbocycles. The number of ether oxygens (including phenoxy) is 1. The van der Waals surface area contributed by atoms with E-state index in [0.29, 0.717) is 5.75 Å². The van der Waals surface area contributed by atoms with Crippen molar-refractivity contribution in [2.24, 2.45) is 0 Å². The average molecular weight is 216 g/mol. The van der Waals surface area contributed by atoms with Crippen molar-refractivity contribution in [3.63, 3.8) is 0 Å². The summed E-state index contributed by atoms with van der Waals surface area (Å²) >= 11 is 5.81. The van der Waals surface area contributed by atoms with Crippen molar-refractivity contribution < 1.29 is 9.84 Å². The van der Waals surface area contributed by atoms with E-state index < -0.39 is 0 Å². The highest BCUT2D eigenvalue weighted by Crippen LogP contribution is 2.34. The van der Waals surface area contributed by atoms with E-state index in [4.69, 9.17) is 16.3 Å². The molecular formula is C10H14ClNO2. The highest BCUT2D eigenvalue weighted by Gasteiger charge is 2.08. The third-order valence-corrected chi connectivity index (χ3v) is 2.34. The Kier molecular flexibility index (Phi) is 4.04. The average Bonchev–Trinajstić information content (AvgIpc) is 2.19. The molecular weight excluding hydrogens is 202 g/mol. The fraction of sp³-hybridized carbons (Fsp3) is 0.400. The van der Waals surface area contributed by atoms with E-state index in [1.807, 2.05) is 13.1 Å². The lowest BCUT2D eigenvalue weighted by atomic mass is 10.1. The molecule has 0 bridgehead atoms. The molecule has 0 saturated carbocycles. The molecule has 1 aromatic carbocycles. The van der Waals surface area contributed by atoms with Gasteiger partial charge in [0.1, 0.15) is 16.5 Å². The van der Waals surface area contributed by atoms with Crippen molar-refractivity contribution in [2.45, 2.75) is 6.42 Å². The maximum Gasteiger partial charge on any atom is 0.141 e. The van der Waals surface area contributed by atoms with Gasteiger partial charge >= 0.3 is 0 Å². The summed E-state index contributed by atoms with van der Waals surface area (Å²) < 4.78 is 5.03. The first-order valence-corrected chi connectivity index (χ1v) is 4.76. The fourth-order valence-electron chi connectivity index (χ4n) is 1.20. The van der Waals surface area contributed by atoms with Gasteiger partial charge < -0.3 is 15.2 Å². The maximum atomic E-state index is 9.48. The first kappa shape index (κ1) is 11.1. The second kappa shape index (κ2) is 5.08. The third-order valence-electron chi connectivity index (χ3n) is 1.96. The normalized spacial score (nSPS) is 10.2. The van der Waals surface area contributed by atoms with Crippen LogP contribution in [0.4, 0.5) is 0 Å². The molecule has 0 fully saturated rings. The van der Waals surface area contributed by atoms with E-state index >= 15 is 0 Å². The number of nitrogens with one attached hydrogen (secondary N) is 1. The summed E-state index contributed by atoms with van der Waals surface area (Å²) in [7, 11) is 3.41. The topological polar surface area (TPSA) is 41.5 Å². The van der Waals surface area contributed by atoms with Gasteiger partial charge in [0.15, 0.2) is 0 Å². The zero-order chi connectivity index (χ0) is 10.6. The Bertz CT molecular complexity index is 315. The summed E-state index contributed by atoms with van der Waals surface area (Å²) in [4.78, 5) is 0. The highest BCUT2D eigenvalue weighted by molar-refractivity contribution is 6.33. The number of phenolic OH excluding ortho intramolecular Hbond substituents is 1. The lowest BCUT2D eigenvalue weighted by Crippen LogP contribution is -2.10. The van der Waals surface area contributed by atoms with Gasteiger partial charge in [-0.2, -0.15) is 0 Å². The van der Waals surface area contributed by atoms with E-state index in [2.05, 4.69) is 5.32 Å². The van der Waals surface area contributed by atoms with Crippen molar-refractivity contribution in [2.75, 3.05) is 20.7 Å². The molecule has 0 spiro atoms. The summed E-state index contributed by atoms with van der Waals surface area (Å²) in [6.07, 6.45) is 0.831. The van der Waals surface area contributed by atoms with Crippen LogP contribution in [0.3, 0.4) is 0 Å². The zero-order valence-corrected chi connectivity index (χ0v) is 9.06. The Morgan fingerprint density at radius 2 is 2.21 bits per heavy atom. The minimum Gasteiger partial charge on any atom is -0.506 e. The van der Waals surface area contributed by atoms with Crippen LogP contribution in [0.25, 0.3) is 0 Å². The highest BCUT2D eigenvalue weighted by atomic mass is 35.5. The lowest BCUT2D eigenvalue weighted by Gasteiger charge is -2.08. The first-order chi connectivity index (χ1) is 6.69. The molecule has 1 aromatic rings. The second-order valence-electron chi connectivity index (χ2n) is 2.98. The minimum absolute atomic E-state index is 0.0668. The number of hydrogen-bond donors (Lipinski definition) is 2. The van der Waals surface area contributed by atoms with Gasteiger partial charge in [-0.05, 0) is 37.7 Å². The van der Waals surface area contributed by atoms with Gasteiger partial charge in [0.2, 0.25) is 0 Å². The van der Waals surface area contributed by atoms with Crippen LogP contribution < -0.4 is 10.1 Å². The predicted octanol–water partition coefficient (Wildman–Crippen LogP) is 1.82. The number of aromatic hydroxyl groups is 1. The van der Waals surface area contributed by atoms with Gasteiger partial charge in [-0.25, -0.2) is 0 Å². The Morgan fingerprint density at radius 3 is 2.79 bits per heavy atom. The molecule has 0 aromatic heterocycles. The summed E-state index contributed by atoms with van der Waals surface area (Å²) in [5.74, 6) is 0.579. The molecule has 0 heterocycles. The lowest BCUT2D eigenvalue weighted by molar-refractivity contribution is 0.407. The molecule has 0 aliphatic rings. The van der Waals surface area contributed by atoms with Crippen molar-refractivity contribution >= 4 is 11.6 Å². The fourth-order valence-corrected chi connectivity index (χ4v) is 1.39. The molecule has 0 radical (unpaired) electrons. The number of halogens is 1. The number of hydrogen-bond acceptors (Lipinski definition) is 3. The van der Waals surface area contributed by atoms with Crippen LogP contribution in [-0.2, 0) is 6.42 Å². The molecule has 2 N–H and O–H groups in total. The standard InChI is InChI=1S/C10H14ClNO2/c1-12-4-3-7-5-8(13)10(11)9(6-7)14-2/h5-6,12-13H,3-4H2,1-2H3. The number of benzene rings is 1. The summed E-state index contributed by atoms with van der Waals surface area (Å²) in [6, 6.07) is 3.49. The van der Waals surface area contributed by atoms with Gasteiger partial charge in [-0.3, -0.25) is 0 Å². The van der Waals surface area contributed by atoms with Crippen molar-refractivity contribution in [3.8, 4) is 11.5 Å². The molecule has 4 heteroatoms. The van der Waals surface area contributed by atoms with E-state index in [1.165, 1.54) is 7.11 Å². The molecule has 14 heavy (non-hydrogen) atoms. The SMILES string of the molecule is CNCCc1cc(O)c(Cl)c(OC)c1. The molecule has 0 unspecified atom stereocenters.